The molecule has 0 unspecified atom stereocenters. The second-order valence-electron chi connectivity index (χ2n) is 11.1. The van der Waals surface area contributed by atoms with Gasteiger partial charge in [-0.3, -0.25) is 34.3 Å². The summed E-state index contributed by atoms with van der Waals surface area (Å²) in [4.78, 5) is 57.6. The van der Waals surface area contributed by atoms with Crippen LogP contribution < -0.4 is 10.0 Å². The molecule has 4 aromatic carbocycles. The first-order chi connectivity index (χ1) is 24.9. The molecule has 0 saturated carbocycles. The summed E-state index contributed by atoms with van der Waals surface area (Å²) in [6.07, 6.45) is 0.200. The number of aromatic nitrogens is 3. The molecule has 18 heteroatoms. The number of aryl methyl sites for hydroxylation is 1. The highest BCUT2D eigenvalue weighted by Crippen LogP contribution is 2.38. The number of benzene rings is 4. The number of amides is 1. The first-order valence-corrected chi connectivity index (χ1v) is 17.7. The maximum atomic E-state index is 13.4. The van der Waals surface area contributed by atoms with Crippen LogP contribution in [0.15, 0.2) is 95.9 Å². The van der Waals surface area contributed by atoms with Crippen LogP contribution in [0.5, 0.6) is 0 Å². The summed E-state index contributed by atoms with van der Waals surface area (Å²) in [5.74, 6) is -1.24. The normalized spacial score (nSPS) is 11.3. The number of sulfonamides is 1. The number of hydrogen-bond acceptors (Lipinski definition) is 12. The molecule has 0 fully saturated rings. The molecule has 52 heavy (non-hydrogen) atoms. The number of fused-ring (bicyclic) bond motifs is 1. The first kappa shape index (κ1) is 35.3. The van der Waals surface area contributed by atoms with Crippen LogP contribution in [0, 0.1) is 27.2 Å². The monoisotopic (exact) mass is 741 g/mol. The molecule has 0 saturated heterocycles. The van der Waals surface area contributed by atoms with Gasteiger partial charge in [-0.15, -0.1) is 0 Å². The summed E-state index contributed by atoms with van der Waals surface area (Å²) < 4.78 is 34.7. The molecule has 1 amide bonds. The zero-order valence-corrected chi connectivity index (χ0v) is 28.9. The lowest BCUT2D eigenvalue weighted by molar-refractivity contribution is -0.393. The number of ether oxygens (including phenoxy) is 1. The number of nitro benzene ring substituents is 2. The van der Waals surface area contributed by atoms with Gasteiger partial charge < -0.3 is 10.1 Å². The molecular formula is C34H27N7O9S2. The van der Waals surface area contributed by atoms with Gasteiger partial charge in [-0.1, -0.05) is 53.8 Å². The Bertz CT molecular complexity index is 2450. The van der Waals surface area contributed by atoms with Crippen LogP contribution in [0.3, 0.4) is 0 Å². The van der Waals surface area contributed by atoms with Gasteiger partial charge in [0.15, 0.2) is 5.13 Å². The van der Waals surface area contributed by atoms with Crippen LogP contribution >= 0.6 is 11.3 Å². The summed E-state index contributed by atoms with van der Waals surface area (Å²) >= 11 is 0.812. The van der Waals surface area contributed by atoms with Gasteiger partial charge in [-0.25, -0.2) is 23.2 Å². The number of thiazole rings is 1. The lowest BCUT2D eigenvalue weighted by Crippen LogP contribution is -2.15. The predicted molar refractivity (Wildman–Crippen MR) is 192 cm³/mol. The number of nitrogens with zero attached hydrogens (tertiary/aromatic N) is 5. The first-order valence-electron chi connectivity index (χ1n) is 15.4. The van der Waals surface area contributed by atoms with E-state index in [0.717, 1.165) is 29.0 Å². The second-order valence-corrected chi connectivity index (χ2v) is 13.8. The van der Waals surface area contributed by atoms with Crippen molar-refractivity contribution in [1.29, 1.82) is 0 Å². The van der Waals surface area contributed by atoms with E-state index in [1.54, 1.807) is 31.2 Å². The van der Waals surface area contributed by atoms with Crippen LogP contribution in [0.1, 0.15) is 44.0 Å². The lowest BCUT2D eigenvalue weighted by atomic mass is 10.1. The van der Waals surface area contributed by atoms with Crippen molar-refractivity contribution in [2.45, 2.75) is 25.2 Å². The quantitative estimate of drug-likeness (QED) is 0.0791. The molecule has 0 aliphatic rings. The van der Waals surface area contributed by atoms with Crippen molar-refractivity contribution in [2.24, 2.45) is 0 Å². The van der Waals surface area contributed by atoms with Crippen LogP contribution in [0.4, 0.5) is 22.2 Å². The van der Waals surface area contributed by atoms with Crippen molar-refractivity contribution in [3.05, 3.63) is 139 Å². The standard InChI is InChI=1S/C34H27N7O9S2/c1-3-50-33(43)31-20(2)35-34(51-31)38-52(48,49)24-15-13-23(14-16-24)36-32(42)22-18-27(40(44)45)30(28(19-22)41(46)47)39-26-12-8-7-11-25(26)37-29(39)17-21-9-5-4-6-10-21/h4-16,18-19H,3,17H2,1-2H3,(H,35,38)(H,36,42). The van der Waals surface area contributed by atoms with E-state index in [1.807, 2.05) is 30.3 Å². The fraction of sp³-hybridized carbons (Fsp3) is 0.118. The number of rotatable bonds is 12. The smallest absolute Gasteiger partial charge is 0.350 e. The minimum atomic E-state index is -4.17. The van der Waals surface area contributed by atoms with E-state index in [1.165, 1.54) is 35.8 Å². The van der Waals surface area contributed by atoms with Gasteiger partial charge in [-0.05, 0) is 55.8 Å². The summed E-state index contributed by atoms with van der Waals surface area (Å²) in [7, 11) is -4.17. The third kappa shape index (κ3) is 7.18. The fourth-order valence-electron chi connectivity index (χ4n) is 5.39. The van der Waals surface area contributed by atoms with Gasteiger partial charge >= 0.3 is 17.3 Å². The van der Waals surface area contributed by atoms with Crippen molar-refractivity contribution in [1.82, 2.24) is 14.5 Å². The van der Waals surface area contributed by atoms with Crippen LogP contribution in [-0.2, 0) is 21.2 Å². The van der Waals surface area contributed by atoms with Crippen LogP contribution in [0.25, 0.3) is 16.7 Å². The minimum absolute atomic E-state index is 0.0551. The number of nitro groups is 2. The Morgan fingerprint density at radius 2 is 1.54 bits per heavy atom. The van der Waals surface area contributed by atoms with E-state index < -0.39 is 43.1 Å². The van der Waals surface area contributed by atoms with Crippen molar-refractivity contribution in [2.75, 3.05) is 16.6 Å². The summed E-state index contributed by atoms with van der Waals surface area (Å²) in [6, 6.07) is 22.7. The predicted octanol–water partition coefficient (Wildman–Crippen LogP) is 6.43. The van der Waals surface area contributed by atoms with Gasteiger partial charge in [0, 0.05) is 24.2 Å². The van der Waals surface area contributed by atoms with E-state index >= 15 is 0 Å². The zero-order chi connectivity index (χ0) is 37.2. The third-order valence-electron chi connectivity index (χ3n) is 7.69. The molecule has 0 atom stereocenters. The Morgan fingerprint density at radius 1 is 0.904 bits per heavy atom. The average Bonchev–Trinajstić information content (AvgIpc) is 3.66. The molecule has 0 aliphatic carbocycles. The molecule has 0 bridgehead atoms. The number of imidazole rings is 1. The van der Waals surface area contributed by atoms with Crippen molar-refractivity contribution in [3.8, 4) is 5.69 Å². The number of nitrogens with one attached hydrogen (secondary N) is 2. The zero-order valence-electron chi connectivity index (χ0n) is 27.3. The highest BCUT2D eigenvalue weighted by molar-refractivity contribution is 7.93. The van der Waals surface area contributed by atoms with Crippen molar-refractivity contribution >= 4 is 66.5 Å². The summed E-state index contributed by atoms with van der Waals surface area (Å²) in [6.45, 7) is 3.32. The van der Waals surface area contributed by atoms with Gasteiger partial charge in [-0.2, -0.15) is 0 Å². The largest absolute Gasteiger partial charge is 0.462 e. The maximum absolute atomic E-state index is 13.4. The lowest BCUT2D eigenvalue weighted by Gasteiger charge is -2.13. The van der Waals surface area contributed by atoms with Crippen molar-refractivity contribution < 1.29 is 32.6 Å². The highest BCUT2D eigenvalue weighted by atomic mass is 32.2. The number of carbonyl (C=O) groups excluding carboxylic acids is 2. The molecule has 2 N–H and O–H groups in total. The number of hydrogen-bond donors (Lipinski definition) is 2. The summed E-state index contributed by atoms with van der Waals surface area (Å²) in [5.41, 5.74) is -0.0905. The minimum Gasteiger partial charge on any atom is -0.462 e. The van der Waals surface area contributed by atoms with E-state index in [9.17, 15) is 38.2 Å². The molecule has 2 aromatic heterocycles. The molecule has 16 nitrogen and oxygen atoms in total. The van der Waals surface area contributed by atoms with E-state index in [0.29, 0.717) is 22.6 Å². The van der Waals surface area contributed by atoms with Gasteiger partial charge in [0.25, 0.3) is 15.9 Å². The topological polar surface area (TPSA) is 219 Å². The number of esters is 1. The molecule has 2 heterocycles. The van der Waals surface area contributed by atoms with Gasteiger partial charge in [0.2, 0.25) is 5.69 Å². The summed E-state index contributed by atoms with van der Waals surface area (Å²) in [5, 5.41) is 27.5. The van der Waals surface area contributed by atoms with Crippen LogP contribution in [0.2, 0.25) is 0 Å². The Labute approximate surface area is 299 Å². The second kappa shape index (κ2) is 14.4. The molecule has 6 aromatic rings. The number of carbonyl (C=O) groups is 2. The SMILES string of the molecule is CCOC(=O)c1sc(NS(=O)(=O)c2ccc(NC(=O)c3cc([N+](=O)[O-])c(-n4c(Cc5ccccc5)nc5ccccc54)c([N+](=O)[O-])c3)cc2)nc1C. The third-order valence-corrected chi connectivity index (χ3v) is 10.2. The fourth-order valence-corrected chi connectivity index (χ4v) is 7.48. The molecule has 6 rings (SSSR count). The Kier molecular flexibility index (Phi) is 9.76. The number of anilines is 2. The molecule has 264 valence electrons. The molecule has 0 radical (unpaired) electrons. The molecular weight excluding hydrogens is 715 g/mol. The van der Waals surface area contributed by atoms with E-state index in [4.69, 9.17) is 4.74 Å². The Hall–Kier alpha value is -6.53. The average molecular weight is 742 g/mol. The number of para-hydroxylation sites is 2. The van der Waals surface area contributed by atoms with Crippen LogP contribution in [-0.4, -0.2) is 51.3 Å². The molecule has 0 aliphatic heterocycles. The molecule has 0 spiro atoms. The Balaban J connectivity index is 1.30. The van der Waals surface area contributed by atoms with Gasteiger partial charge in [0.1, 0.15) is 10.7 Å². The highest BCUT2D eigenvalue weighted by Gasteiger charge is 2.33. The van der Waals surface area contributed by atoms with Gasteiger partial charge in [0.05, 0.1) is 43.6 Å². The van der Waals surface area contributed by atoms with E-state index in [2.05, 4.69) is 20.0 Å². The van der Waals surface area contributed by atoms with E-state index in [-0.39, 0.29) is 44.9 Å². The Morgan fingerprint density at radius 3 is 2.17 bits per heavy atom. The maximum Gasteiger partial charge on any atom is 0.350 e. The van der Waals surface area contributed by atoms with Crippen molar-refractivity contribution in [3.63, 3.8) is 0 Å².